The van der Waals surface area contributed by atoms with E-state index in [4.69, 9.17) is 16.6 Å². The minimum atomic E-state index is 0.361. The molecular weight excluding hydrogens is 258 g/mol. The van der Waals surface area contributed by atoms with Crippen molar-refractivity contribution in [3.8, 4) is 0 Å². The Kier molecular flexibility index (Phi) is 5.03. The zero-order chi connectivity index (χ0) is 13.8. The number of hydrogen-bond acceptors (Lipinski definition) is 3. The molecule has 1 fully saturated rings. The van der Waals surface area contributed by atoms with Crippen molar-refractivity contribution in [3.63, 3.8) is 0 Å². The molecule has 1 aliphatic rings. The Bertz CT molecular complexity index is 414. The molecule has 0 amide bonds. The predicted molar refractivity (Wildman–Crippen MR) is 81.2 cm³/mol. The first-order chi connectivity index (χ1) is 9.11. The normalized spacial score (nSPS) is 16.3. The van der Waals surface area contributed by atoms with Crippen LogP contribution in [0.1, 0.15) is 57.0 Å². The minimum absolute atomic E-state index is 0.361. The summed E-state index contributed by atoms with van der Waals surface area (Å²) >= 11 is 5.98. The predicted octanol–water partition coefficient (Wildman–Crippen LogP) is 3.90. The molecule has 4 heteroatoms. The number of anilines is 1. The fourth-order valence-corrected chi connectivity index (χ4v) is 2.95. The van der Waals surface area contributed by atoms with Crippen LogP contribution < -0.4 is 4.90 Å². The van der Waals surface area contributed by atoms with Crippen molar-refractivity contribution in [2.24, 2.45) is 0 Å². The van der Waals surface area contributed by atoms with Gasteiger partial charge in [0.2, 0.25) is 0 Å². The molecule has 0 bridgehead atoms. The lowest BCUT2D eigenvalue weighted by molar-refractivity contribution is 0.609. The van der Waals surface area contributed by atoms with Gasteiger partial charge in [0, 0.05) is 36.1 Å². The van der Waals surface area contributed by atoms with Gasteiger partial charge in [0.1, 0.15) is 11.6 Å². The number of aromatic nitrogens is 2. The SMILES string of the molecule is Cc1cc(N(CCCl)C2CCCC2)nc(C(C)C)n1. The summed E-state index contributed by atoms with van der Waals surface area (Å²) in [5.74, 6) is 3.01. The lowest BCUT2D eigenvalue weighted by atomic mass is 10.2. The molecule has 1 aromatic heterocycles. The second-order valence-electron chi connectivity index (χ2n) is 5.70. The Morgan fingerprint density at radius 2 is 2.00 bits per heavy atom. The molecule has 0 atom stereocenters. The number of hydrogen-bond donors (Lipinski definition) is 0. The summed E-state index contributed by atoms with van der Waals surface area (Å²) in [6.07, 6.45) is 5.17. The van der Waals surface area contributed by atoms with Gasteiger partial charge in [0.15, 0.2) is 0 Å². The molecule has 0 aromatic carbocycles. The third-order valence-corrected chi connectivity index (χ3v) is 3.93. The number of halogens is 1. The number of alkyl halides is 1. The minimum Gasteiger partial charge on any atom is -0.352 e. The van der Waals surface area contributed by atoms with Crippen LogP contribution in [0.5, 0.6) is 0 Å². The Balaban J connectivity index is 2.29. The van der Waals surface area contributed by atoms with Crippen molar-refractivity contribution in [3.05, 3.63) is 17.6 Å². The molecule has 3 nitrogen and oxygen atoms in total. The smallest absolute Gasteiger partial charge is 0.133 e. The molecule has 0 N–H and O–H groups in total. The van der Waals surface area contributed by atoms with Gasteiger partial charge in [0.05, 0.1) is 0 Å². The fraction of sp³-hybridized carbons (Fsp3) is 0.733. The standard InChI is InChI=1S/C15H24ClN3/c1-11(2)15-17-12(3)10-14(18-15)19(9-8-16)13-6-4-5-7-13/h10-11,13H,4-9H2,1-3H3. The Morgan fingerprint density at radius 1 is 1.32 bits per heavy atom. The van der Waals surface area contributed by atoms with Crippen LogP contribution >= 0.6 is 11.6 Å². The molecule has 0 saturated heterocycles. The van der Waals surface area contributed by atoms with Crippen LogP contribution in [-0.4, -0.2) is 28.4 Å². The average molecular weight is 282 g/mol. The number of nitrogens with zero attached hydrogens (tertiary/aromatic N) is 3. The highest BCUT2D eigenvalue weighted by molar-refractivity contribution is 6.18. The lowest BCUT2D eigenvalue weighted by Crippen LogP contribution is -2.36. The topological polar surface area (TPSA) is 29.0 Å². The molecule has 2 rings (SSSR count). The summed E-state index contributed by atoms with van der Waals surface area (Å²) in [6, 6.07) is 2.70. The summed E-state index contributed by atoms with van der Waals surface area (Å²) in [6.45, 7) is 7.20. The van der Waals surface area contributed by atoms with Gasteiger partial charge in [-0.2, -0.15) is 0 Å². The maximum absolute atomic E-state index is 5.98. The van der Waals surface area contributed by atoms with Gasteiger partial charge >= 0.3 is 0 Å². The molecule has 1 aromatic rings. The molecule has 0 aliphatic heterocycles. The summed E-state index contributed by atoms with van der Waals surface area (Å²) in [4.78, 5) is 11.7. The molecule has 0 radical (unpaired) electrons. The quantitative estimate of drug-likeness (QED) is 0.767. The van der Waals surface area contributed by atoms with Crippen LogP contribution in [0.25, 0.3) is 0 Å². The average Bonchev–Trinajstić information content (AvgIpc) is 2.88. The highest BCUT2D eigenvalue weighted by atomic mass is 35.5. The Labute approximate surface area is 121 Å². The first-order valence-electron chi connectivity index (χ1n) is 7.30. The first-order valence-corrected chi connectivity index (χ1v) is 7.83. The summed E-state index contributed by atoms with van der Waals surface area (Å²) < 4.78 is 0. The summed E-state index contributed by atoms with van der Waals surface area (Å²) in [5, 5.41) is 0. The maximum Gasteiger partial charge on any atom is 0.133 e. The van der Waals surface area contributed by atoms with E-state index in [0.29, 0.717) is 17.8 Å². The third-order valence-electron chi connectivity index (χ3n) is 3.76. The van der Waals surface area contributed by atoms with Crippen molar-refractivity contribution < 1.29 is 0 Å². The molecule has 1 saturated carbocycles. The van der Waals surface area contributed by atoms with E-state index in [1.807, 2.05) is 6.92 Å². The Hall–Kier alpha value is -0.830. The van der Waals surface area contributed by atoms with Crippen LogP contribution in [0.15, 0.2) is 6.07 Å². The van der Waals surface area contributed by atoms with Crippen LogP contribution in [0, 0.1) is 6.92 Å². The summed E-state index contributed by atoms with van der Waals surface area (Å²) in [7, 11) is 0. The van der Waals surface area contributed by atoms with E-state index in [2.05, 4.69) is 29.8 Å². The number of aryl methyl sites for hydroxylation is 1. The van der Waals surface area contributed by atoms with E-state index in [-0.39, 0.29) is 0 Å². The van der Waals surface area contributed by atoms with Crippen molar-refractivity contribution in [2.75, 3.05) is 17.3 Å². The van der Waals surface area contributed by atoms with Gasteiger partial charge in [0.25, 0.3) is 0 Å². The van der Waals surface area contributed by atoms with Gasteiger partial charge in [-0.1, -0.05) is 26.7 Å². The number of rotatable bonds is 5. The van der Waals surface area contributed by atoms with Crippen molar-refractivity contribution in [1.29, 1.82) is 0 Å². The zero-order valence-corrected chi connectivity index (χ0v) is 13.0. The van der Waals surface area contributed by atoms with Crippen molar-refractivity contribution in [1.82, 2.24) is 9.97 Å². The second-order valence-corrected chi connectivity index (χ2v) is 6.08. The van der Waals surface area contributed by atoms with Gasteiger partial charge in [-0.3, -0.25) is 0 Å². The van der Waals surface area contributed by atoms with Crippen LogP contribution in [0.3, 0.4) is 0 Å². The second kappa shape index (κ2) is 6.56. The molecule has 0 spiro atoms. The molecule has 1 aliphatic carbocycles. The zero-order valence-electron chi connectivity index (χ0n) is 12.2. The fourth-order valence-electron chi connectivity index (χ4n) is 2.77. The van der Waals surface area contributed by atoms with E-state index in [9.17, 15) is 0 Å². The van der Waals surface area contributed by atoms with Crippen molar-refractivity contribution >= 4 is 17.4 Å². The van der Waals surface area contributed by atoms with Gasteiger partial charge in [-0.15, -0.1) is 11.6 Å². The monoisotopic (exact) mass is 281 g/mol. The molecule has 106 valence electrons. The largest absolute Gasteiger partial charge is 0.352 e. The van der Waals surface area contributed by atoms with Gasteiger partial charge in [-0.25, -0.2) is 9.97 Å². The van der Waals surface area contributed by atoms with Crippen LogP contribution in [0.2, 0.25) is 0 Å². The molecular formula is C15H24ClN3. The van der Waals surface area contributed by atoms with E-state index in [1.165, 1.54) is 25.7 Å². The highest BCUT2D eigenvalue weighted by Gasteiger charge is 2.24. The van der Waals surface area contributed by atoms with E-state index in [1.54, 1.807) is 0 Å². The molecule has 0 unspecified atom stereocenters. The van der Waals surface area contributed by atoms with Crippen LogP contribution in [0.4, 0.5) is 5.82 Å². The lowest BCUT2D eigenvalue weighted by Gasteiger charge is -2.30. The summed E-state index contributed by atoms with van der Waals surface area (Å²) in [5.41, 5.74) is 1.05. The maximum atomic E-state index is 5.98. The van der Waals surface area contributed by atoms with E-state index in [0.717, 1.165) is 23.9 Å². The van der Waals surface area contributed by atoms with Gasteiger partial charge < -0.3 is 4.90 Å². The Morgan fingerprint density at radius 3 is 2.58 bits per heavy atom. The van der Waals surface area contributed by atoms with E-state index >= 15 is 0 Å². The first kappa shape index (κ1) is 14.6. The highest BCUT2D eigenvalue weighted by Crippen LogP contribution is 2.28. The molecule has 19 heavy (non-hydrogen) atoms. The third kappa shape index (κ3) is 3.59. The van der Waals surface area contributed by atoms with Gasteiger partial charge in [-0.05, 0) is 19.8 Å². The van der Waals surface area contributed by atoms with E-state index < -0.39 is 0 Å². The van der Waals surface area contributed by atoms with Crippen molar-refractivity contribution in [2.45, 2.75) is 58.4 Å². The van der Waals surface area contributed by atoms with Crippen LogP contribution in [-0.2, 0) is 0 Å². The molecule has 1 heterocycles.